The fourth-order valence-corrected chi connectivity index (χ4v) is 7.62. The molecule has 3 rings (SSSR count). The molecule has 0 nitrogen and oxygen atoms in total. The summed E-state index contributed by atoms with van der Waals surface area (Å²) in [5.74, 6) is 6.59. The Kier molecular flexibility index (Phi) is 8.12. The maximum atomic E-state index is 12.9. The molecule has 0 radical (unpaired) electrons. The van der Waals surface area contributed by atoms with Crippen molar-refractivity contribution in [2.45, 2.75) is 63.1 Å². The van der Waals surface area contributed by atoms with Crippen LogP contribution in [-0.4, -0.2) is 8.80 Å². The average Bonchev–Trinajstić information content (AvgIpc) is 2.74. The lowest BCUT2D eigenvalue weighted by Crippen LogP contribution is -2.20. The molecule has 1 aliphatic heterocycles. The summed E-state index contributed by atoms with van der Waals surface area (Å²) in [7, 11) is -0.425. The van der Waals surface area contributed by atoms with Gasteiger partial charge in [-0.05, 0) is 66.3 Å². The third kappa shape index (κ3) is 6.50. The Bertz CT molecular complexity index is 800. The number of benzene rings is 2. The molecule has 1 heterocycles. The van der Waals surface area contributed by atoms with Crippen molar-refractivity contribution in [3.63, 3.8) is 0 Å². The van der Waals surface area contributed by atoms with Gasteiger partial charge in [0.25, 0.3) is 0 Å². The summed E-state index contributed by atoms with van der Waals surface area (Å²) in [6, 6.07) is 19.9. The van der Waals surface area contributed by atoms with Crippen LogP contribution in [0.2, 0.25) is 18.1 Å². The second-order valence-electron chi connectivity index (χ2n) is 7.99. The number of halogens is 1. The molecule has 0 aromatic heterocycles. The van der Waals surface area contributed by atoms with Crippen molar-refractivity contribution in [2.75, 3.05) is 0 Å². The van der Waals surface area contributed by atoms with E-state index in [-0.39, 0.29) is 5.82 Å². The normalized spacial score (nSPS) is 19.4. The number of unbranched alkanes of at least 4 members (excludes halogenated alkanes) is 2. The van der Waals surface area contributed by atoms with Gasteiger partial charge in [-0.1, -0.05) is 80.4 Å². The number of rotatable bonds is 6. The van der Waals surface area contributed by atoms with E-state index in [1.807, 2.05) is 12.2 Å². The van der Waals surface area contributed by atoms with Gasteiger partial charge < -0.3 is 0 Å². The Morgan fingerprint density at radius 2 is 1.71 bits per heavy atom. The molecule has 146 valence electrons. The van der Waals surface area contributed by atoms with Crippen LogP contribution < -0.4 is 0 Å². The van der Waals surface area contributed by atoms with Crippen molar-refractivity contribution in [3.05, 3.63) is 77.1 Å². The third-order valence-corrected chi connectivity index (χ3v) is 9.41. The minimum absolute atomic E-state index is 0.228. The zero-order valence-electron chi connectivity index (χ0n) is 17.0. The van der Waals surface area contributed by atoms with Gasteiger partial charge in [0.05, 0.1) is 0 Å². The van der Waals surface area contributed by atoms with Gasteiger partial charge in [0.15, 0.2) is 0 Å². The highest BCUT2D eigenvalue weighted by Crippen LogP contribution is 2.35. The lowest BCUT2D eigenvalue weighted by atomic mass is 9.93. The average molecular weight is 391 g/mol. The van der Waals surface area contributed by atoms with Gasteiger partial charge in [0, 0.05) is 14.4 Å². The maximum absolute atomic E-state index is 12.9. The predicted octanol–water partition coefficient (Wildman–Crippen LogP) is 7.19. The van der Waals surface area contributed by atoms with Crippen molar-refractivity contribution in [1.29, 1.82) is 0 Å². The molecule has 0 amide bonds. The highest BCUT2D eigenvalue weighted by Gasteiger charge is 2.22. The molecule has 0 N–H and O–H groups in total. The molecule has 2 aromatic carbocycles. The van der Waals surface area contributed by atoms with Crippen molar-refractivity contribution in [2.24, 2.45) is 0 Å². The van der Waals surface area contributed by atoms with Gasteiger partial charge in [0.2, 0.25) is 0 Å². The molecular weight excluding hydrogens is 359 g/mol. The van der Waals surface area contributed by atoms with Crippen molar-refractivity contribution < 1.29 is 4.39 Å². The lowest BCUT2D eigenvalue weighted by molar-refractivity contribution is 0.603. The van der Waals surface area contributed by atoms with Gasteiger partial charge in [-0.2, -0.15) is 0 Å². The van der Waals surface area contributed by atoms with E-state index in [9.17, 15) is 4.39 Å². The Hall–Kier alpha value is -2.11. The summed E-state index contributed by atoms with van der Waals surface area (Å²) in [4.78, 5) is 0. The highest BCUT2D eigenvalue weighted by molar-refractivity contribution is 6.59. The van der Waals surface area contributed by atoms with Crippen LogP contribution in [0, 0.1) is 17.7 Å². The predicted molar refractivity (Wildman–Crippen MR) is 122 cm³/mol. The molecule has 0 unspecified atom stereocenters. The second kappa shape index (κ2) is 11.0. The Morgan fingerprint density at radius 1 is 1.00 bits per heavy atom. The molecule has 0 spiro atoms. The third-order valence-electron chi connectivity index (χ3n) is 5.89. The minimum Gasteiger partial charge on any atom is -0.207 e. The molecular formula is C26H31FSi. The largest absolute Gasteiger partial charge is 0.207 e. The summed E-state index contributed by atoms with van der Waals surface area (Å²) in [5.41, 5.74) is 3.52. The van der Waals surface area contributed by atoms with E-state index >= 15 is 0 Å². The van der Waals surface area contributed by atoms with Gasteiger partial charge in [-0.3, -0.25) is 0 Å². The topological polar surface area (TPSA) is 0 Å². The van der Waals surface area contributed by atoms with Gasteiger partial charge in [-0.25, -0.2) is 4.39 Å². The molecule has 0 saturated carbocycles. The monoisotopic (exact) mass is 390 g/mol. The van der Waals surface area contributed by atoms with E-state index in [4.69, 9.17) is 0 Å². The van der Waals surface area contributed by atoms with Crippen LogP contribution in [0.1, 0.15) is 61.6 Å². The van der Waals surface area contributed by atoms with Crippen molar-refractivity contribution in [3.8, 4) is 11.8 Å². The van der Waals surface area contributed by atoms with Crippen molar-refractivity contribution >= 4 is 14.9 Å². The highest BCUT2D eigenvalue weighted by atomic mass is 28.3. The van der Waals surface area contributed by atoms with E-state index in [1.165, 1.54) is 67.5 Å². The Labute approximate surface area is 171 Å². The molecule has 1 saturated heterocycles. The molecule has 2 aromatic rings. The first-order chi connectivity index (χ1) is 13.7. The van der Waals surface area contributed by atoms with Crippen LogP contribution in [0.3, 0.4) is 0 Å². The van der Waals surface area contributed by atoms with Gasteiger partial charge >= 0.3 is 0 Å². The quantitative estimate of drug-likeness (QED) is 0.278. The fourth-order valence-electron chi connectivity index (χ4n) is 4.14. The Balaban J connectivity index is 1.48. The zero-order chi connectivity index (χ0) is 19.6. The molecule has 2 heteroatoms. The Morgan fingerprint density at radius 3 is 2.39 bits per heavy atom. The fraction of sp³-hybridized carbons (Fsp3) is 0.385. The van der Waals surface area contributed by atoms with E-state index in [0.29, 0.717) is 0 Å². The van der Waals surface area contributed by atoms with Crippen LogP contribution in [0.15, 0.2) is 54.6 Å². The van der Waals surface area contributed by atoms with E-state index < -0.39 is 8.80 Å². The summed E-state index contributed by atoms with van der Waals surface area (Å²) in [6.45, 7) is 2.30. The first kappa shape index (κ1) is 20.6. The maximum Gasteiger partial charge on any atom is 0.123 e. The van der Waals surface area contributed by atoms with Gasteiger partial charge in [-0.15, -0.1) is 0 Å². The minimum atomic E-state index is -0.425. The zero-order valence-corrected chi connectivity index (χ0v) is 18.1. The molecule has 28 heavy (non-hydrogen) atoms. The van der Waals surface area contributed by atoms with E-state index in [2.05, 4.69) is 43.0 Å². The summed E-state index contributed by atoms with van der Waals surface area (Å²) in [5, 5.41) is 0. The second-order valence-corrected chi connectivity index (χ2v) is 11.5. The molecule has 1 aliphatic rings. The van der Waals surface area contributed by atoms with Crippen LogP contribution >= 0.6 is 0 Å². The number of hydrogen-bond acceptors (Lipinski definition) is 0. The molecule has 1 fully saturated rings. The summed E-state index contributed by atoms with van der Waals surface area (Å²) >= 11 is 0. The molecule has 0 aliphatic carbocycles. The number of allylic oxidation sites excluding steroid dienone is 1. The van der Waals surface area contributed by atoms with E-state index in [0.717, 1.165) is 11.5 Å². The summed E-state index contributed by atoms with van der Waals surface area (Å²) < 4.78 is 12.9. The number of hydrogen-bond donors (Lipinski definition) is 0. The van der Waals surface area contributed by atoms with Crippen LogP contribution in [0.4, 0.5) is 4.39 Å². The van der Waals surface area contributed by atoms with Crippen molar-refractivity contribution in [1.82, 2.24) is 0 Å². The van der Waals surface area contributed by atoms with E-state index in [1.54, 1.807) is 18.2 Å². The van der Waals surface area contributed by atoms with Crippen LogP contribution in [-0.2, 0) is 0 Å². The lowest BCUT2D eigenvalue weighted by Gasteiger charge is -2.28. The van der Waals surface area contributed by atoms with Crippen LogP contribution in [0.5, 0.6) is 0 Å². The summed E-state index contributed by atoms with van der Waals surface area (Å²) in [6.07, 6.45) is 11.0. The SMILES string of the molecule is CCCCC[Si@H]1CC[C@H](c2ccc(C=CC#Cc3ccc(F)cc3)cc2)CC1. The van der Waals surface area contributed by atoms with Crippen LogP contribution in [0.25, 0.3) is 6.08 Å². The van der Waals surface area contributed by atoms with Gasteiger partial charge in [0.1, 0.15) is 5.82 Å². The smallest absolute Gasteiger partial charge is 0.123 e. The first-order valence-corrected chi connectivity index (χ1v) is 13.2. The molecule has 0 bridgehead atoms. The standard InChI is InChI=1S/C26H31FSi/c1-2-3-6-19-28-20-17-25(18-21-28)24-13-9-22(10-14-24)7-4-5-8-23-11-15-26(27)16-12-23/h4,7,9-16,25,28H,2-3,6,17-21H2,1H3/t25-,28-. The first-order valence-electron chi connectivity index (χ1n) is 10.8. The molecule has 0 atom stereocenters.